The van der Waals surface area contributed by atoms with E-state index in [4.69, 9.17) is 9.47 Å². The van der Waals surface area contributed by atoms with E-state index in [9.17, 15) is 9.59 Å². The second-order valence-corrected chi connectivity index (χ2v) is 8.16. The quantitative estimate of drug-likeness (QED) is 0.188. The van der Waals surface area contributed by atoms with E-state index in [1.165, 1.54) is 6.21 Å². The molecule has 8 heteroatoms. The molecule has 0 saturated heterocycles. The predicted molar refractivity (Wildman–Crippen MR) is 126 cm³/mol. The maximum Gasteiger partial charge on any atom is 0.344 e. The van der Waals surface area contributed by atoms with Crippen LogP contribution in [0.15, 0.2) is 86.8 Å². The maximum absolute atomic E-state index is 12.2. The number of carbonyl (C=O) groups is 2. The number of hydrogen-bond donors (Lipinski definition) is 1. The molecule has 0 aliphatic heterocycles. The number of esters is 1. The van der Waals surface area contributed by atoms with Crippen LogP contribution in [0.1, 0.15) is 22.8 Å². The van der Waals surface area contributed by atoms with Gasteiger partial charge in [0.2, 0.25) is 0 Å². The van der Waals surface area contributed by atoms with Crippen LogP contribution in [0.3, 0.4) is 0 Å². The molecule has 0 radical (unpaired) electrons. The van der Waals surface area contributed by atoms with Gasteiger partial charge in [0.25, 0.3) is 5.91 Å². The number of hydrazone groups is 1. The molecule has 1 amide bonds. The number of nitrogens with zero attached hydrogens (tertiary/aromatic N) is 1. The number of ether oxygens (including phenoxy) is 2. The fourth-order valence-corrected chi connectivity index (χ4v) is 3.15. The Balaban J connectivity index is 1.51. The molecule has 3 rings (SSSR count). The first kappa shape index (κ1) is 22.7. The lowest BCUT2D eigenvalue weighted by Gasteiger charge is -2.12. The van der Waals surface area contributed by atoms with Crippen molar-refractivity contribution in [3.8, 4) is 11.5 Å². The Bertz CT molecular complexity index is 1080. The molecule has 0 aromatic heterocycles. The van der Waals surface area contributed by atoms with Crippen LogP contribution in [0.25, 0.3) is 0 Å². The van der Waals surface area contributed by atoms with Crippen LogP contribution in [0, 0.1) is 0 Å². The van der Waals surface area contributed by atoms with Gasteiger partial charge in [-0.25, -0.2) is 10.2 Å². The normalized spacial score (nSPS) is 11.7. The molecule has 6 nitrogen and oxygen atoms in total. The van der Waals surface area contributed by atoms with E-state index in [0.29, 0.717) is 21.5 Å². The van der Waals surface area contributed by atoms with Gasteiger partial charge in [0.05, 0.1) is 11.8 Å². The highest BCUT2D eigenvalue weighted by Gasteiger charge is 2.14. The molecule has 31 heavy (non-hydrogen) atoms. The fraction of sp³-hybridized carbons (Fsp3) is 0.0870. The highest BCUT2D eigenvalue weighted by molar-refractivity contribution is 9.10. The van der Waals surface area contributed by atoms with Crippen LogP contribution in [0.2, 0.25) is 0 Å². The molecule has 0 saturated carbocycles. The first-order valence-electron chi connectivity index (χ1n) is 9.24. The van der Waals surface area contributed by atoms with Crippen molar-refractivity contribution in [3.05, 3.63) is 92.9 Å². The van der Waals surface area contributed by atoms with Gasteiger partial charge < -0.3 is 9.47 Å². The van der Waals surface area contributed by atoms with Crippen LogP contribution < -0.4 is 14.9 Å². The summed E-state index contributed by atoms with van der Waals surface area (Å²) in [5, 5.41) is 3.94. The Kier molecular flexibility index (Phi) is 7.97. The summed E-state index contributed by atoms with van der Waals surface area (Å²) in [6.07, 6.45) is 0.779. The van der Waals surface area contributed by atoms with Gasteiger partial charge in [-0.3, -0.25) is 4.79 Å². The minimum absolute atomic E-state index is 0.377. The Labute approximate surface area is 196 Å². The minimum Gasteiger partial charge on any atom is -0.481 e. The number of rotatable bonds is 7. The van der Waals surface area contributed by atoms with Crippen molar-refractivity contribution in [1.82, 2.24) is 5.43 Å². The minimum atomic E-state index is -0.711. The third-order valence-corrected chi connectivity index (χ3v) is 5.29. The van der Waals surface area contributed by atoms with Gasteiger partial charge in [0, 0.05) is 8.95 Å². The van der Waals surface area contributed by atoms with Gasteiger partial charge in [0.15, 0.2) is 6.10 Å². The summed E-state index contributed by atoms with van der Waals surface area (Å²) < 4.78 is 12.5. The number of carbonyl (C=O) groups excluding carboxylic acids is 2. The van der Waals surface area contributed by atoms with Gasteiger partial charge in [-0.2, -0.15) is 5.10 Å². The second kappa shape index (κ2) is 10.9. The van der Waals surface area contributed by atoms with E-state index in [2.05, 4.69) is 42.4 Å². The lowest BCUT2D eigenvalue weighted by Crippen LogP contribution is -2.33. The van der Waals surface area contributed by atoms with E-state index in [0.717, 1.165) is 10.0 Å². The molecule has 1 atom stereocenters. The SMILES string of the molecule is C[C@H](Oc1ccc(Br)cc1)C(=O)N/N=C\c1ccc(OC(=O)c2ccccc2Br)cc1. The first-order chi connectivity index (χ1) is 14.9. The number of nitrogens with one attached hydrogen (secondary N) is 1. The van der Waals surface area contributed by atoms with Gasteiger partial charge in [-0.15, -0.1) is 0 Å². The largest absolute Gasteiger partial charge is 0.481 e. The predicted octanol–water partition coefficient (Wildman–Crippen LogP) is 5.35. The molecule has 0 bridgehead atoms. The van der Waals surface area contributed by atoms with E-state index in [-0.39, 0.29) is 5.91 Å². The van der Waals surface area contributed by atoms with Crippen LogP contribution in [0.5, 0.6) is 11.5 Å². The van der Waals surface area contributed by atoms with Gasteiger partial charge in [0.1, 0.15) is 11.5 Å². The molecule has 158 valence electrons. The third kappa shape index (κ3) is 6.77. The highest BCUT2D eigenvalue weighted by Crippen LogP contribution is 2.20. The second-order valence-electron chi connectivity index (χ2n) is 6.39. The molecule has 0 aliphatic carbocycles. The molecule has 3 aromatic rings. The Hall–Kier alpha value is -2.97. The molecule has 0 heterocycles. The van der Waals surface area contributed by atoms with E-state index in [1.54, 1.807) is 61.5 Å². The monoisotopic (exact) mass is 544 g/mol. The van der Waals surface area contributed by atoms with Crippen LogP contribution in [0.4, 0.5) is 0 Å². The maximum atomic E-state index is 12.2. The van der Waals surface area contributed by atoms with Crippen LogP contribution in [-0.4, -0.2) is 24.2 Å². The number of amides is 1. The van der Waals surface area contributed by atoms with E-state index in [1.807, 2.05) is 18.2 Å². The van der Waals surface area contributed by atoms with Crippen molar-refractivity contribution in [1.29, 1.82) is 0 Å². The average Bonchev–Trinajstić information content (AvgIpc) is 2.76. The van der Waals surface area contributed by atoms with Gasteiger partial charge in [-0.05, 0) is 89.1 Å². The van der Waals surface area contributed by atoms with Crippen molar-refractivity contribution < 1.29 is 19.1 Å². The molecular weight excluding hydrogens is 528 g/mol. The Morgan fingerprint density at radius 3 is 2.26 bits per heavy atom. The zero-order valence-corrected chi connectivity index (χ0v) is 19.6. The summed E-state index contributed by atoms with van der Waals surface area (Å²) in [5.74, 6) is 0.153. The summed E-state index contributed by atoms with van der Waals surface area (Å²) in [4.78, 5) is 24.4. The lowest BCUT2D eigenvalue weighted by atomic mass is 10.2. The molecule has 0 aliphatic rings. The summed E-state index contributed by atoms with van der Waals surface area (Å²) in [6, 6.07) is 21.0. The molecule has 0 spiro atoms. The molecule has 3 aromatic carbocycles. The Morgan fingerprint density at radius 2 is 1.58 bits per heavy atom. The smallest absolute Gasteiger partial charge is 0.344 e. The van der Waals surface area contributed by atoms with Crippen molar-refractivity contribution >= 4 is 50.0 Å². The van der Waals surface area contributed by atoms with Crippen molar-refractivity contribution in [2.45, 2.75) is 13.0 Å². The topological polar surface area (TPSA) is 77.0 Å². The molecular formula is C23H18Br2N2O4. The fourth-order valence-electron chi connectivity index (χ4n) is 2.44. The van der Waals surface area contributed by atoms with E-state index >= 15 is 0 Å². The zero-order chi connectivity index (χ0) is 22.2. The summed E-state index contributed by atoms with van der Waals surface area (Å²) in [6.45, 7) is 1.64. The summed E-state index contributed by atoms with van der Waals surface area (Å²) in [5.41, 5.74) is 3.61. The molecule has 0 fully saturated rings. The van der Waals surface area contributed by atoms with Crippen LogP contribution >= 0.6 is 31.9 Å². The summed E-state index contributed by atoms with van der Waals surface area (Å²) >= 11 is 6.68. The van der Waals surface area contributed by atoms with Crippen LogP contribution in [-0.2, 0) is 4.79 Å². The van der Waals surface area contributed by atoms with Crippen molar-refractivity contribution in [2.24, 2.45) is 5.10 Å². The number of benzene rings is 3. The summed E-state index contributed by atoms with van der Waals surface area (Å²) in [7, 11) is 0. The number of halogens is 2. The first-order valence-corrected chi connectivity index (χ1v) is 10.8. The molecule has 0 unspecified atom stereocenters. The zero-order valence-electron chi connectivity index (χ0n) is 16.4. The highest BCUT2D eigenvalue weighted by atomic mass is 79.9. The van der Waals surface area contributed by atoms with E-state index < -0.39 is 12.1 Å². The van der Waals surface area contributed by atoms with Gasteiger partial charge in [-0.1, -0.05) is 28.1 Å². The van der Waals surface area contributed by atoms with Crippen molar-refractivity contribution in [3.63, 3.8) is 0 Å². The van der Waals surface area contributed by atoms with Gasteiger partial charge >= 0.3 is 5.97 Å². The molecule has 1 N–H and O–H groups in total. The lowest BCUT2D eigenvalue weighted by molar-refractivity contribution is -0.127. The standard InChI is InChI=1S/C23H18Br2N2O4/c1-15(30-18-12-8-17(24)9-13-18)22(28)27-26-14-16-6-10-19(11-7-16)31-23(29)20-4-2-3-5-21(20)25/h2-15H,1H3,(H,27,28)/b26-14-/t15-/m0/s1. The number of hydrogen-bond acceptors (Lipinski definition) is 5. The average molecular weight is 546 g/mol. The van der Waals surface area contributed by atoms with Crippen molar-refractivity contribution in [2.75, 3.05) is 0 Å². The third-order valence-electron chi connectivity index (χ3n) is 4.07. The Morgan fingerprint density at radius 1 is 0.935 bits per heavy atom.